The van der Waals surface area contributed by atoms with Crippen LogP contribution in [0.3, 0.4) is 0 Å². The van der Waals surface area contributed by atoms with Crippen molar-refractivity contribution in [3.05, 3.63) is 17.2 Å². The highest BCUT2D eigenvalue weighted by Crippen LogP contribution is 2.33. The summed E-state index contributed by atoms with van der Waals surface area (Å²) in [6.45, 7) is 6.30. The average molecular weight is 352 g/mol. The smallest absolute Gasteiger partial charge is 0.166 e. The van der Waals surface area contributed by atoms with E-state index in [9.17, 15) is 0 Å². The SMILES string of the molecule is CN1CCC(Sc2nc3cc(N4CCNCC4)c(Cl)cc3[nH]2)C1. The van der Waals surface area contributed by atoms with Crippen molar-refractivity contribution in [1.29, 1.82) is 0 Å². The fraction of sp³-hybridized carbons (Fsp3) is 0.562. The minimum atomic E-state index is 0.628. The van der Waals surface area contributed by atoms with Crippen LogP contribution in [0.2, 0.25) is 5.02 Å². The molecule has 0 radical (unpaired) electrons. The molecule has 0 amide bonds. The largest absolute Gasteiger partial charge is 0.368 e. The monoisotopic (exact) mass is 351 g/mol. The van der Waals surface area contributed by atoms with Crippen molar-refractivity contribution in [3.63, 3.8) is 0 Å². The Morgan fingerprint density at radius 3 is 2.83 bits per heavy atom. The van der Waals surface area contributed by atoms with Crippen LogP contribution < -0.4 is 10.2 Å². The molecule has 124 valence electrons. The van der Waals surface area contributed by atoms with Crippen LogP contribution in [0.25, 0.3) is 11.0 Å². The molecule has 4 rings (SSSR count). The van der Waals surface area contributed by atoms with Gasteiger partial charge in [0.2, 0.25) is 0 Å². The Balaban J connectivity index is 1.58. The lowest BCUT2D eigenvalue weighted by molar-refractivity contribution is 0.419. The second-order valence-electron chi connectivity index (χ2n) is 6.39. The number of imidazole rings is 1. The van der Waals surface area contributed by atoms with Crippen LogP contribution in [0, 0.1) is 0 Å². The van der Waals surface area contributed by atoms with Crippen LogP contribution in [-0.4, -0.2) is 66.4 Å². The van der Waals surface area contributed by atoms with Crippen LogP contribution in [0.5, 0.6) is 0 Å². The summed E-state index contributed by atoms with van der Waals surface area (Å²) in [6, 6.07) is 4.15. The van der Waals surface area contributed by atoms with E-state index in [1.165, 1.54) is 13.0 Å². The van der Waals surface area contributed by atoms with E-state index in [0.29, 0.717) is 5.25 Å². The van der Waals surface area contributed by atoms with Crippen LogP contribution in [0.4, 0.5) is 5.69 Å². The number of fused-ring (bicyclic) bond motifs is 1. The van der Waals surface area contributed by atoms with Gasteiger partial charge < -0.3 is 20.1 Å². The molecule has 0 bridgehead atoms. The summed E-state index contributed by atoms with van der Waals surface area (Å²) in [6.07, 6.45) is 1.23. The number of nitrogens with one attached hydrogen (secondary N) is 2. The molecule has 2 aromatic rings. The maximum atomic E-state index is 6.51. The molecule has 2 saturated heterocycles. The zero-order valence-corrected chi connectivity index (χ0v) is 14.9. The van der Waals surface area contributed by atoms with Gasteiger partial charge in [-0.15, -0.1) is 0 Å². The van der Waals surface area contributed by atoms with Gasteiger partial charge in [-0.25, -0.2) is 4.98 Å². The molecule has 2 N–H and O–H groups in total. The van der Waals surface area contributed by atoms with Gasteiger partial charge in [-0.3, -0.25) is 0 Å². The molecular formula is C16H22ClN5S. The molecule has 0 saturated carbocycles. The summed E-state index contributed by atoms with van der Waals surface area (Å²) in [5.74, 6) is 0. The molecule has 1 unspecified atom stereocenters. The fourth-order valence-corrected chi connectivity index (χ4v) is 4.82. The molecule has 5 nitrogen and oxygen atoms in total. The van der Waals surface area contributed by atoms with Crippen molar-refractivity contribution >= 4 is 40.1 Å². The molecule has 2 aliphatic rings. The van der Waals surface area contributed by atoms with E-state index in [0.717, 1.165) is 59.6 Å². The Labute approximate surface area is 145 Å². The van der Waals surface area contributed by atoms with E-state index >= 15 is 0 Å². The maximum absolute atomic E-state index is 6.51. The maximum Gasteiger partial charge on any atom is 0.166 e. The summed E-state index contributed by atoms with van der Waals surface area (Å²) in [5, 5.41) is 5.82. The first kappa shape index (κ1) is 15.6. The summed E-state index contributed by atoms with van der Waals surface area (Å²) < 4.78 is 0. The van der Waals surface area contributed by atoms with Gasteiger partial charge in [0.15, 0.2) is 5.16 Å². The normalized spacial score (nSPS) is 23.0. The average Bonchev–Trinajstić information content (AvgIpc) is 3.13. The van der Waals surface area contributed by atoms with Gasteiger partial charge in [0, 0.05) is 38.0 Å². The number of piperazine rings is 1. The molecule has 7 heteroatoms. The number of benzene rings is 1. The van der Waals surface area contributed by atoms with Crippen molar-refractivity contribution in [1.82, 2.24) is 20.2 Å². The second kappa shape index (κ2) is 6.51. The number of hydrogen-bond acceptors (Lipinski definition) is 5. The minimum Gasteiger partial charge on any atom is -0.368 e. The highest BCUT2D eigenvalue weighted by atomic mass is 35.5. The number of aromatic nitrogens is 2. The topological polar surface area (TPSA) is 47.2 Å². The number of anilines is 1. The van der Waals surface area contributed by atoms with Gasteiger partial charge in [0.25, 0.3) is 0 Å². The first-order valence-corrected chi connectivity index (χ1v) is 9.45. The molecule has 0 aliphatic carbocycles. The molecule has 0 spiro atoms. The molecule has 1 atom stereocenters. The molecule has 2 aliphatic heterocycles. The summed E-state index contributed by atoms with van der Waals surface area (Å²) in [4.78, 5) is 12.9. The number of H-pyrrole nitrogens is 1. The third kappa shape index (κ3) is 3.31. The van der Waals surface area contributed by atoms with Crippen LogP contribution >= 0.6 is 23.4 Å². The molecule has 1 aromatic carbocycles. The summed E-state index contributed by atoms with van der Waals surface area (Å²) in [5.41, 5.74) is 3.14. The zero-order chi connectivity index (χ0) is 15.8. The summed E-state index contributed by atoms with van der Waals surface area (Å²) >= 11 is 8.36. The Bertz CT molecular complexity index is 697. The van der Waals surface area contributed by atoms with Gasteiger partial charge in [0.1, 0.15) is 0 Å². The molecule has 2 fully saturated rings. The highest BCUT2D eigenvalue weighted by molar-refractivity contribution is 7.99. The quantitative estimate of drug-likeness (QED) is 0.889. The lowest BCUT2D eigenvalue weighted by atomic mass is 10.2. The van der Waals surface area contributed by atoms with Crippen molar-refractivity contribution in [2.24, 2.45) is 0 Å². The third-order valence-electron chi connectivity index (χ3n) is 4.61. The van der Waals surface area contributed by atoms with Crippen LogP contribution in [0.15, 0.2) is 17.3 Å². The predicted octanol–water partition coefficient (Wildman–Crippen LogP) is 2.42. The number of nitrogens with zero attached hydrogens (tertiary/aromatic N) is 3. The lowest BCUT2D eigenvalue weighted by Gasteiger charge is -2.30. The molecule has 1 aromatic heterocycles. The number of aromatic amines is 1. The number of halogens is 1. The predicted molar refractivity (Wildman–Crippen MR) is 97.9 cm³/mol. The van der Waals surface area contributed by atoms with Gasteiger partial charge in [0.05, 0.1) is 21.7 Å². The van der Waals surface area contributed by atoms with Gasteiger partial charge in [-0.05, 0) is 32.1 Å². The van der Waals surface area contributed by atoms with E-state index < -0.39 is 0 Å². The number of rotatable bonds is 3. The third-order valence-corrected chi connectivity index (χ3v) is 6.05. The Morgan fingerprint density at radius 2 is 2.09 bits per heavy atom. The Kier molecular flexibility index (Phi) is 4.41. The highest BCUT2D eigenvalue weighted by Gasteiger charge is 2.22. The molecular weight excluding hydrogens is 330 g/mol. The van der Waals surface area contributed by atoms with Crippen molar-refractivity contribution in [2.75, 3.05) is 51.2 Å². The Hall–Kier alpha value is -0.950. The minimum absolute atomic E-state index is 0.628. The number of hydrogen-bond donors (Lipinski definition) is 2. The first-order chi connectivity index (χ1) is 11.2. The zero-order valence-electron chi connectivity index (χ0n) is 13.3. The van der Waals surface area contributed by atoms with Crippen molar-refractivity contribution in [3.8, 4) is 0 Å². The standard InChI is InChI=1S/C16H22ClN5S/c1-21-5-2-11(10-21)23-16-19-13-8-12(17)15(9-14(13)20-16)22-6-3-18-4-7-22/h8-9,11,18H,2-7,10H2,1H3,(H,19,20). The first-order valence-electron chi connectivity index (χ1n) is 8.19. The molecule has 23 heavy (non-hydrogen) atoms. The number of likely N-dealkylation sites (tertiary alicyclic amines) is 1. The fourth-order valence-electron chi connectivity index (χ4n) is 3.35. The van der Waals surface area contributed by atoms with Crippen molar-refractivity contribution in [2.45, 2.75) is 16.8 Å². The van der Waals surface area contributed by atoms with Crippen LogP contribution in [-0.2, 0) is 0 Å². The Morgan fingerprint density at radius 1 is 1.26 bits per heavy atom. The van der Waals surface area contributed by atoms with E-state index in [1.54, 1.807) is 0 Å². The van der Waals surface area contributed by atoms with Crippen LogP contribution in [0.1, 0.15) is 6.42 Å². The number of thioether (sulfide) groups is 1. The van der Waals surface area contributed by atoms with Gasteiger partial charge in [-0.1, -0.05) is 23.4 Å². The van der Waals surface area contributed by atoms with Gasteiger partial charge >= 0.3 is 0 Å². The van der Waals surface area contributed by atoms with E-state index in [4.69, 9.17) is 16.6 Å². The van der Waals surface area contributed by atoms with Crippen molar-refractivity contribution < 1.29 is 0 Å². The second-order valence-corrected chi connectivity index (χ2v) is 8.09. The lowest BCUT2D eigenvalue weighted by Crippen LogP contribution is -2.43. The van der Waals surface area contributed by atoms with E-state index in [2.05, 4.69) is 33.2 Å². The molecule has 3 heterocycles. The van der Waals surface area contributed by atoms with Gasteiger partial charge in [-0.2, -0.15) is 0 Å². The van der Waals surface area contributed by atoms with E-state index in [-0.39, 0.29) is 0 Å². The summed E-state index contributed by atoms with van der Waals surface area (Å²) in [7, 11) is 2.18. The van der Waals surface area contributed by atoms with E-state index in [1.807, 2.05) is 17.8 Å².